The van der Waals surface area contributed by atoms with Gasteiger partial charge >= 0.3 is 0 Å². The van der Waals surface area contributed by atoms with Gasteiger partial charge in [0.2, 0.25) is 0 Å². The third-order valence-electron chi connectivity index (χ3n) is 2.90. The number of aryl methyl sites for hydroxylation is 1. The number of hydrogen-bond donors (Lipinski definition) is 1. The molecular weight excluding hydrogens is 296 g/mol. The molecule has 0 fully saturated rings. The largest absolute Gasteiger partial charge is 0.389 e. The maximum Gasteiger partial charge on any atom is 0.281 e. The fourth-order valence-electron chi connectivity index (χ4n) is 1.75. The van der Waals surface area contributed by atoms with E-state index in [2.05, 4.69) is 5.10 Å². The number of hydrogen-bond acceptors (Lipinski definition) is 4. The van der Waals surface area contributed by atoms with Gasteiger partial charge in [0, 0.05) is 19.7 Å². The number of nitrogens with two attached hydrogens (primary N) is 1. The Kier molecular flexibility index (Phi) is 3.78. The molecule has 106 valence electrons. The van der Waals surface area contributed by atoms with Crippen LogP contribution in [-0.4, -0.2) is 30.2 Å². The lowest BCUT2D eigenvalue weighted by molar-refractivity contribution is 0.575. The lowest BCUT2D eigenvalue weighted by atomic mass is 10.2. The van der Waals surface area contributed by atoms with Crippen LogP contribution in [0.1, 0.15) is 5.56 Å². The van der Waals surface area contributed by atoms with E-state index in [4.69, 9.17) is 18.0 Å². The second-order valence-corrected chi connectivity index (χ2v) is 6.54. The van der Waals surface area contributed by atoms with Gasteiger partial charge in [-0.2, -0.15) is 13.5 Å². The van der Waals surface area contributed by atoms with Crippen LogP contribution in [0.25, 0.3) is 0 Å². The molecule has 0 atom stereocenters. The topological polar surface area (TPSA) is 81.2 Å². The number of thiocarbonyl (C=S) groups is 1. The zero-order valence-corrected chi connectivity index (χ0v) is 12.6. The Hall–Kier alpha value is -1.93. The van der Waals surface area contributed by atoms with Crippen LogP contribution in [0.3, 0.4) is 0 Å². The SMILES string of the molecule is CN(c1cccc(C(N)=S)c1)S(=O)(=O)c1ccnn1C. The fourth-order valence-corrected chi connectivity index (χ4v) is 3.16. The van der Waals surface area contributed by atoms with Gasteiger partial charge < -0.3 is 5.73 Å². The molecule has 1 aromatic heterocycles. The molecule has 2 rings (SSSR count). The smallest absolute Gasteiger partial charge is 0.281 e. The van der Waals surface area contributed by atoms with Crippen molar-refractivity contribution in [2.24, 2.45) is 12.8 Å². The van der Waals surface area contributed by atoms with E-state index in [0.29, 0.717) is 11.3 Å². The summed E-state index contributed by atoms with van der Waals surface area (Å²) in [7, 11) is -0.623. The monoisotopic (exact) mass is 310 g/mol. The maximum absolute atomic E-state index is 12.5. The van der Waals surface area contributed by atoms with Gasteiger partial charge in [-0.1, -0.05) is 24.4 Å². The van der Waals surface area contributed by atoms with Crippen molar-refractivity contribution in [2.45, 2.75) is 5.03 Å². The fraction of sp³-hybridized carbons (Fsp3) is 0.167. The molecule has 0 saturated heterocycles. The van der Waals surface area contributed by atoms with Crippen molar-refractivity contribution in [2.75, 3.05) is 11.4 Å². The highest BCUT2D eigenvalue weighted by Crippen LogP contribution is 2.22. The zero-order chi connectivity index (χ0) is 14.9. The molecular formula is C12H14N4O2S2. The molecule has 1 aromatic carbocycles. The van der Waals surface area contributed by atoms with E-state index >= 15 is 0 Å². The van der Waals surface area contributed by atoms with E-state index in [9.17, 15) is 8.42 Å². The average Bonchev–Trinajstić information content (AvgIpc) is 2.85. The van der Waals surface area contributed by atoms with Crippen LogP contribution < -0.4 is 10.0 Å². The van der Waals surface area contributed by atoms with Gasteiger partial charge in [-0.15, -0.1) is 0 Å². The molecule has 0 aliphatic carbocycles. The first-order valence-corrected chi connectivity index (χ1v) is 7.55. The Labute approximate surface area is 122 Å². The van der Waals surface area contributed by atoms with E-state index in [1.165, 1.54) is 28.3 Å². The summed E-state index contributed by atoms with van der Waals surface area (Å²) in [5.74, 6) is 0. The molecule has 0 spiro atoms. The van der Waals surface area contributed by atoms with E-state index in [0.717, 1.165) is 0 Å². The number of anilines is 1. The van der Waals surface area contributed by atoms with Gasteiger partial charge in [-0.25, -0.2) is 0 Å². The number of benzene rings is 1. The summed E-state index contributed by atoms with van der Waals surface area (Å²) < 4.78 is 27.5. The molecule has 0 aliphatic rings. The number of nitrogens with zero attached hydrogens (tertiary/aromatic N) is 3. The van der Waals surface area contributed by atoms with Crippen LogP contribution >= 0.6 is 12.2 Å². The number of aromatic nitrogens is 2. The normalized spacial score (nSPS) is 11.3. The van der Waals surface area contributed by atoms with Crippen molar-refractivity contribution >= 4 is 32.9 Å². The number of rotatable bonds is 4. The molecule has 6 nitrogen and oxygen atoms in total. The molecule has 0 radical (unpaired) electrons. The van der Waals surface area contributed by atoms with Crippen LogP contribution in [0.4, 0.5) is 5.69 Å². The second kappa shape index (κ2) is 5.22. The molecule has 2 N–H and O–H groups in total. The Balaban J connectivity index is 2.46. The van der Waals surface area contributed by atoms with Crippen molar-refractivity contribution in [1.29, 1.82) is 0 Å². The van der Waals surface area contributed by atoms with Gasteiger partial charge in [0.1, 0.15) is 4.99 Å². The van der Waals surface area contributed by atoms with Crippen LogP contribution in [0, 0.1) is 0 Å². The second-order valence-electron chi connectivity index (χ2n) is 4.18. The third-order valence-corrected chi connectivity index (χ3v) is 4.99. The Morgan fingerprint density at radius 3 is 2.65 bits per heavy atom. The molecule has 20 heavy (non-hydrogen) atoms. The van der Waals surface area contributed by atoms with Crippen LogP contribution in [0.15, 0.2) is 41.6 Å². The molecule has 2 aromatic rings. The molecule has 0 aliphatic heterocycles. The van der Waals surface area contributed by atoms with Gasteiger partial charge in [-0.3, -0.25) is 8.99 Å². The summed E-state index contributed by atoms with van der Waals surface area (Å²) in [6.45, 7) is 0. The Morgan fingerprint density at radius 1 is 1.40 bits per heavy atom. The van der Waals surface area contributed by atoms with E-state index < -0.39 is 10.0 Å². The molecule has 0 amide bonds. The molecule has 0 unspecified atom stereocenters. The lowest BCUT2D eigenvalue weighted by Gasteiger charge is -2.19. The first-order valence-electron chi connectivity index (χ1n) is 5.71. The van der Waals surface area contributed by atoms with Crippen LogP contribution in [0.5, 0.6) is 0 Å². The predicted octanol–water partition coefficient (Wildman–Crippen LogP) is 0.879. The molecule has 8 heteroatoms. The zero-order valence-electron chi connectivity index (χ0n) is 11.0. The minimum atomic E-state index is -3.67. The lowest BCUT2D eigenvalue weighted by Crippen LogP contribution is -2.28. The quantitative estimate of drug-likeness (QED) is 0.848. The predicted molar refractivity (Wildman–Crippen MR) is 81.1 cm³/mol. The van der Waals surface area contributed by atoms with Crippen molar-refractivity contribution in [1.82, 2.24) is 9.78 Å². The van der Waals surface area contributed by atoms with Gasteiger partial charge in [0.05, 0.1) is 11.9 Å². The van der Waals surface area contributed by atoms with Crippen LogP contribution in [-0.2, 0) is 17.1 Å². The highest BCUT2D eigenvalue weighted by molar-refractivity contribution is 7.92. The van der Waals surface area contributed by atoms with Crippen LogP contribution in [0.2, 0.25) is 0 Å². The molecule has 0 saturated carbocycles. The minimum Gasteiger partial charge on any atom is -0.389 e. The summed E-state index contributed by atoms with van der Waals surface area (Å²) in [6, 6.07) is 8.20. The molecule has 1 heterocycles. The highest BCUT2D eigenvalue weighted by Gasteiger charge is 2.24. The van der Waals surface area contributed by atoms with E-state index in [1.807, 2.05) is 0 Å². The first kappa shape index (κ1) is 14.5. The summed E-state index contributed by atoms with van der Waals surface area (Å²) in [6.07, 6.45) is 1.44. The van der Waals surface area contributed by atoms with Crippen molar-refractivity contribution in [3.8, 4) is 0 Å². The van der Waals surface area contributed by atoms with Gasteiger partial charge in [-0.05, 0) is 18.2 Å². The highest BCUT2D eigenvalue weighted by atomic mass is 32.2. The Morgan fingerprint density at radius 2 is 2.10 bits per heavy atom. The average molecular weight is 310 g/mol. The van der Waals surface area contributed by atoms with E-state index in [1.54, 1.807) is 31.3 Å². The maximum atomic E-state index is 12.5. The van der Waals surface area contributed by atoms with Crippen molar-refractivity contribution in [3.63, 3.8) is 0 Å². The molecule has 0 bridgehead atoms. The van der Waals surface area contributed by atoms with Gasteiger partial charge in [0.15, 0.2) is 5.03 Å². The van der Waals surface area contributed by atoms with E-state index in [-0.39, 0.29) is 10.0 Å². The standard InChI is InChI=1S/C12H14N4O2S2/c1-15-11(6-7-14-15)20(17,18)16(2)10-5-3-4-9(8-10)12(13)19/h3-8H,1-2H3,(H2,13,19). The summed E-state index contributed by atoms with van der Waals surface area (Å²) in [4.78, 5) is 0.221. The first-order chi connectivity index (χ1) is 9.34. The van der Waals surface area contributed by atoms with Gasteiger partial charge in [0.25, 0.3) is 10.0 Å². The summed E-state index contributed by atoms with van der Waals surface area (Å²) in [5, 5.41) is 3.99. The Bertz CT molecular complexity index is 752. The number of sulfonamides is 1. The summed E-state index contributed by atoms with van der Waals surface area (Å²) in [5.41, 5.74) is 6.66. The minimum absolute atomic E-state index is 0.112. The third kappa shape index (κ3) is 2.52. The van der Waals surface area contributed by atoms with Crippen molar-refractivity contribution < 1.29 is 8.42 Å². The summed E-state index contributed by atoms with van der Waals surface area (Å²) >= 11 is 4.90. The van der Waals surface area contributed by atoms with Crippen molar-refractivity contribution in [3.05, 3.63) is 42.1 Å².